The number of rotatable bonds is 6. The molecule has 6 nitrogen and oxygen atoms in total. The molecular formula is C22H27NO5S. The minimum atomic E-state index is -3.56. The number of esters is 1. The summed E-state index contributed by atoms with van der Waals surface area (Å²) in [5.41, 5.74) is 1.10. The van der Waals surface area contributed by atoms with Crippen molar-refractivity contribution in [2.45, 2.75) is 37.5 Å². The van der Waals surface area contributed by atoms with E-state index in [0.717, 1.165) is 5.56 Å². The summed E-state index contributed by atoms with van der Waals surface area (Å²) in [5, 5.41) is 0. The number of benzene rings is 2. The highest BCUT2D eigenvalue weighted by Crippen LogP contribution is 2.29. The fraction of sp³-hybridized carbons (Fsp3) is 0.409. The van der Waals surface area contributed by atoms with Crippen LogP contribution in [0.4, 0.5) is 0 Å². The van der Waals surface area contributed by atoms with Crippen molar-refractivity contribution in [1.82, 2.24) is 4.31 Å². The second kappa shape index (κ2) is 8.97. The summed E-state index contributed by atoms with van der Waals surface area (Å²) >= 11 is 0. The molecule has 0 aliphatic carbocycles. The standard InChI is InChI=1S/C22H27NO5S/c1-16(2)17-8-10-19(11-9-17)29(25,26)23-14-12-18(13-15-23)22(24)28-21-7-5-4-6-20(21)27-3/h4-11,16,18H,12-15H2,1-3H3. The van der Waals surface area contributed by atoms with Crippen molar-refractivity contribution in [1.29, 1.82) is 0 Å². The Morgan fingerprint density at radius 1 is 1.00 bits per heavy atom. The van der Waals surface area contributed by atoms with Crippen LogP contribution in [0.3, 0.4) is 0 Å². The van der Waals surface area contributed by atoms with Crippen LogP contribution in [0.15, 0.2) is 53.4 Å². The van der Waals surface area contributed by atoms with Crippen LogP contribution >= 0.6 is 0 Å². The second-order valence-electron chi connectivity index (χ2n) is 7.47. The molecule has 29 heavy (non-hydrogen) atoms. The smallest absolute Gasteiger partial charge is 0.314 e. The van der Waals surface area contributed by atoms with Gasteiger partial charge in [0.05, 0.1) is 17.9 Å². The van der Waals surface area contributed by atoms with Crippen LogP contribution in [0.5, 0.6) is 11.5 Å². The van der Waals surface area contributed by atoms with Gasteiger partial charge < -0.3 is 9.47 Å². The third-order valence-electron chi connectivity index (χ3n) is 5.25. The minimum Gasteiger partial charge on any atom is -0.493 e. The molecule has 1 aliphatic heterocycles. The van der Waals surface area contributed by atoms with E-state index >= 15 is 0 Å². The molecular weight excluding hydrogens is 390 g/mol. The van der Waals surface area contributed by atoms with Crippen molar-refractivity contribution in [2.75, 3.05) is 20.2 Å². The Morgan fingerprint density at radius 2 is 1.59 bits per heavy atom. The quantitative estimate of drug-likeness (QED) is 0.528. The molecule has 0 spiro atoms. The number of nitrogens with zero attached hydrogens (tertiary/aromatic N) is 1. The van der Waals surface area contributed by atoms with Crippen molar-refractivity contribution in [3.8, 4) is 11.5 Å². The molecule has 1 fully saturated rings. The molecule has 7 heteroatoms. The van der Waals surface area contributed by atoms with Gasteiger partial charge in [0.25, 0.3) is 0 Å². The summed E-state index contributed by atoms with van der Waals surface area (Å²) in [6, 6.07) is 14.0. The first kappa shape index (κ1) is 21.3. The van der Waals surface area contributed by atoms with Crippen LogP contribution < -0.4 is 9.47 Å². The Balaban J connectivity index is 1.62. The fourth-order valence-corrected chi connectivity index (χ4v) is 4.87. The molecule has 0 bridgehead atoms. The lowest BCUT2D eigenvalue weighted by Crippen LogP contribution is -2.41. The molecule has 0 radical (unpaired) electrons. The van der Waals surface area contributed by atoms with E-state index in [9.17, 15) is 13.2 Å². The summed E-state index contributed by atoms with van der Waals surface area (Å²) in [7, 11) is -2.04. The molecule has 3 rings (SSSR count). The first-order valence-corrected chi connectivity index (χ1v) is 11.2. The van der Waals surface area contributed by atoms with Gasteiger partial charge in [0, 0.05) is 13.1 Å². The molecule has 0 amide bonds. The van der Waals surface area contributed by atoms with E-state index in [0.29, 0.717) is 43.3 Å². The normalized spacial score (nSPS) is 16.0. The largest absolute Gasteiger partial charge is 0.493 e. The maximum absolute atomic E-state index is 12.9. The summed E-state index contributed by atoms with van der Waals surface area (Å²) in [4.78, 5) is 12.8. The number of methoxy groups -OCH3 is 1. The average molecular weight is 418 g/mol. The number of carbonyl (C=O) groups excluding carboxylic acids is 1. The van der Waals surface area contributed by atoms with Crippen molar-refractivity contribution in [3.05, 3.63) is 54.1 Å². The van der Waals surface area contributed by atoms with E-state index in [1.54, 1.807) is 36.4 Å². The van der Waals surface area contributed by atoms with Crippen LogP contribution in [0.2, 0.25) is 0 Å². The van der Waals surface area contributed by atoms with E-state index in [2.05, 4.69) is 13.8 Å². The zero-order valence-corrected chi connectivity index (χ0v) is 17.8. The fourth-order valence-electron chi connectivity index (χ4n) is 3.40. The first-order chi connectivity index (χ1) is 13.8. The number of sulfonamides is 1. The van der Waals surface area contributed by atoms with Crippen molar-refractivity contribution in [2.24, 2.45) is 5.92 Å². The Kier molecular flexibility index (Phi) is 6.59. The number of ether oxygens (including phenoxy) is 2. The summed E-state index contributed by atoms with van der Waals surface area (Å²) in [6.45, 7) is 4.72. The number of hydrogen-bond acceptors (Lipinski definition) is 5. The van der Waals surface area contributed by atoms with Gasteiger partial charge in [-0.3, -0.25) is 4.79 Å². The van der Waals surface area contributed by atoms with Crippen molar-refractivity contribution >= 4 is 16.0 Å². The molecule has 0 atom stereocenters. The van der Waals surface area contributed by atoms with Crippen LogP contribution in [0.25, 0.3) is 0 Å². The van der Waals surface area contributed by atoms with Crippen molar-refractivity contribution < 1.29 is 22.7 Å². The van der Waals surface area contributed by atoms with Crippen molar-refractivity contribution in [3.63, 3.8) is 0 Å². The number of para-hydroxylation sites is 2. The topological polar surface area (TPSA) is 72.9 Å². The van der Waals surface area contributed by atoms with E-state index < -0.39 is 10.0 Å². The predicted octanol–water partition coefficient (Wildman–Crippen LogP) is 3.82. The predicted molar refractivity (Wildman–Crippen MR) is 111 cm³/mol. The molecule has 1 saturated heterocycles. The molecule has 2 aromatic rings. The molecule has 2 aromatic carbocycles. The molecule has 0 unspecified atom stereocenters. The molecule has 156 valence electrons. The van der Waals surface area contributed by atoms with Gasteiger partial charge in [-0.2, -0.15) is 4.31 Å². The molecule has 1 heterocycles. The zero-order valence-electron chi connectivity index (χ0n) is 17.0. The Bertz CT molecular complexity index is 945. The molecule has 0 saturated carbocycles. The number of hydrogen-bond donors (Lipinski definition) is 0. The van der Waals surface area contributed by atoms with E-state index in [-0.39, 0.29) is 16.8 Å². The number of piperidine rings is 1. The molecule has 1 aliphatic rings. The summed E-state index contributed by atoms with van der Waals surface area (Å²) in [6.07, 6.45) is 0.856. The maximum atomic E-state index is 12.9. The van der Waals surface area contributed by atoms with Crippen LogP contribution in [-0.2, 0) is 14.8 Å². The lowest BCUT2D eigenvalue weighted by Gasteiger charge is -2.30. The van der Waals surface area contributed by atoms with Gasteiger partial charge in [0.2, 0.25) is 10.0 Å². The molecule has 0 N–H and O–H groups in total. The van der Waals surface area contributed by atoms with Crippen LogP contribution in [0.1, 0.15) is 38.2 Å². The third kappa shape index (κ3) is 4.79. The average Bonchev–Trinajstić information content (AvgIpc) is 2.74. The highest BCUT2D eigenvalue weighted by molar-refractivity contribution is 7.89. The van der Waals surface area contributed by atoms with Gasteiger partial charge in [0.15, 0.2) is 11.5 Å². The highest BCUT2D eigenvalue weighted by atomic mass is 32.2. The van der Waals surface area contributed by atoms with Crippen LogP contribution in [0, 0.1) is 5.92 Å². The zero-order chi connectivity index (χ0) is 21.0. The minimum absolute atomic E-state index is 0.289. The van der Waals surface area contributed by atoms with Gasteiger partial charge in [-0.05, 0) is 48.6 Å². The Labute approximate surface area is 172 Å². The Morgan fingerprint density at radius 3 is 2.14 bits per heavy atom. The van der Waals surface area contributed by atoms with E-state index in [1.807, 2.05) is 12.1 Å². The lowest BCUT2D eigenvalue weighted by atomic mass is 9.98. The Hall–Kier alpha value is -2.38. The SMILES string of the molecule is COc1ccccc1OC(=O)C1CCN(S(=O)(=O)c2ccc(C(C)C)cc2)CC1. The van der Waals surface area contributed by atoms with Gasteiger partial charge in [-0.15, -0.1) is 0 Å². The summed E-state index contributed by atoms with van der Waals surface area (Å²) < 4.78 is 38.0. The first-order valence-electron chi connectivity index (χ1n) is 9.77. The van der Waals surface area contributed by atoms with Gasteiger partial charge >= 0.3 is 5.97 Å². The molecule has 0 aromatic heterocycles. The van der Waals surface area contributed by atoms with Gasteiger partial charge in [-0.25, -0.2) is 8.42 Å². The van der Waals surface area contributed by atoms with Gasteiger partial charge in [-0.1, -0.05) is 38.1 Å². The van der Waals surface area contributed by atoms with Crippen LogP contribution in [-0.4, -0.2) is 38.9 Å². The highest BCUT2D eigenvalue weighted by Gasteiger charge is 2.33. The lowest BCUT2D eigenvalue weighted by molar-refractivity contribution is -0.140. The van der Waals surface area contributed by atoms with E-state index in [4.69, 9.17) is 9.47 Å². The number of carbonyl (C=O) groups is 1. The summed E-state index contributed by atoms with van der Waals surface area (Å²) in [5.74, 6) is 0.519. The monoisotopic (exact) mass is 417 g/mol. The van der Waals surface area contributed by atoms with E-state index in [1.165, 1.54) is 11.4 Å². The second-order valence-corrected chi connectivity index (χ2v) is 9.41. The maximum Gasteiger partial charge on any atom is 0.314 e. The third-order valence-corrected chi connectivity index (χ3v) is 7.16. The van der Waals surface area contributed by atoms with Gasteiger partial charge in [0.1, 0.15) is 0 Å².